The number of methoxy groups -OCH3 is 2. The van der Waals surface area contributed by atoms with Gasteiger partial charge in [0.25, 0.3) is 5.79 Å². The summed E-state index contributed by atoms with van der Waals surface area (Å²) in [5.41, 5.74) is 0.710. The number of carbonyl (C=O) groups is 1. The molecule has 9 nitrogen and oxygen atoms in total. The van der Waals surface area contributed by atoms with Crippen LogP contribution in [0.15, 0.2) is 48.5 Å². The largest absolute Gasteiger partial charge is 0.486 e. The quantitative estimate of drug-likeness (QED) is 0.261. The monoisotopic (exact) mass is 436 g/mol. The molecule has 0 unspecified atom stereocenters. The van der Waals surface area contributed by atoms with Crippen LogP contribution in [0.3, 0.4) is 0 Å². The van der Waals surface area contributed by atoms with E-state index in [4.69, 9.17) is 39.4 Å². The Balaban J connectivity index is 2.26. The van der Waals surface area contributed by atoms with Crippen molar-refractivity contribution >= 4 is 5.78 Å². The molecule has 31 heavy (non-hydrogen) atoms. The molecule has 0 fully saturated rings. The highest BCUT2D eigenvalue weighted by Crippen LogP contribution is 2.32. The highest BCUT2D eigenvalue weighted by Gasteiger charge is 2.41. The van der Waals surface area contributed by atoms with Crippen molar-refractivity contribution in [2.75, 3.05) is 40.6 Å². The minimum Gasteiger partial charge on any atom is -0.486 e. The van der Waals surface area contributed by atoms with Crippen LogP contribution in [-0.2, 0) is 15.3 Å². The smallest absolute Gasteiger partial charge is 0.260 e. The van der Waals surface area contributed by atoms with Gasteiger partial charge in [-0.2, -0.15) is 0 Å². The lowest BCUT2D eigenvalue weighted by molar-refractivity contribution is -0.176. The fourth-order valence-corrected chi connectivity index (χ4v) is 2.91. The van der Waals surface area contributed by atoms with Crippen LogP contribution < -0.4 is 9.47 Å². The van der Waals surface area contributed by atoms with Crippen molar-refractivity contribution in [3.8, 4) is 11.5 Å². The predicted octanol–water partition coefficient (Wildman–Crippen LogP) is 0.479. The summed E-state index contributed by atoms with van der Waals surface area (Å²) in [6, 6.07) is 12.5. The molecule has 0 amide bonds. The Hall–Kier alpha value is -2.53. The van der Waals surface area contributed by atoms with Gasteiger partial charge in [0.2, 0.25) is 5.78 Å². The molecule has 0 saturated carbocycles. The normalized spacial score (nSPS) is 11.7. The van der Waals surface area contributed by atoms with Gasteiger partial charge in [0.1, 0.15) is 23.7 Å². The summed E-state index contributed by atoms with van der Waals surface area (Å²) < 4.78 is 21.8. The zero-order valence-corrected chi connectivity index (χ0v) is 17.4. The number of benzene rings is 2. The first-order valence-electron chi connectivity index (χ1n) is 9.60. The fraction of sp³-hybridized carbons (Fsp3) is 0.409. The average molecular weight is 436 g/mol. The third-order valence-electron chi connectivity index (χ3n) is 4.64. The SMILES string of the molecule is COC(OC)(C(=O)c1ccc(OC(CO)CO)cc1)c1ccc(OC(CO)CO)cc1. The van der Waals surface area contributed by atoms with E-state index in [-0.39, 0.29) is 26.4 Å². The van der Waals surface area contributed by atoms with Crippen LogP contribution in [0.2, 0.25) is 0 Å². The maximum Gasteiger partial charge on any atom is 0.260 e. The maximum absolute atomic E-state index is 13.3. The van der Waals surface area contributed by atoms with Crippen molar-refractivity contribution < 1.29 is 44.2 Å². The van der Waals surface area contributed by atoms with Crippen LogP contribution in [-0.4, -0.2) is 79.1 Å². The van der Waals surface area contributed by atoms with Gasteiger partial charge in [-0.15, -0.1) is 0 Å². The standard InChI is InChI=1S/C22H28O9/c1-28-22(29-2,16-5-9-18(10-6-16)31-20(13-25)14-26)21(27)15-3-7-17(8-4-15)30-19(11-23)12-24/h3-10,19-20,23-26H,11-14H2,1-2H3. The minimum atomic E-state index is -1.72. The van der Waals surface area contributed by atoms with E-state index >= 15 is 0 Å². The Morgan fingerprint density at radius 3 is 1.48 bits per heavy atom. The van der Waals surface area contributed by atoms with E-state index in [9.17, 15) is 4.79 Å². The predicted molar refractivity (Wildman–Crippen MR) is 110 cm³/mol. The summed E-state index contributed by atoms with van der Waals surface area (Å²) in [7, 11) is 2.70. The lowest BCUT2D eigenvalue weighted by atomic mass is 9.95. The topological polar surface area (TPSA) is 135 Å². The van der Waals surface area contributed by atoms with Gasteiger partial charge in [-0.1, -0.05) is 0 Å². The number of hydrogen-bond donors (Lipinski definition) is 4. The number of hydrogen-bond acceptors (Lipinski definition) is 9. The molecule has 0 aliphatic carbocycles. The Kier molecular flexibility index (Phi) is 9.38. The summed E-state index contributed by atoms with van der Waals surface area (Å²) in [4.78, 5) is 13.3. The van der Waals surface area contributed by atoms with E-state index in [1.54, 1.807) is 36.4 Å². The van der Waals surface area contributed by atoms with Gasteiger partial charge in [-0.3, -0.25) is 4.79 Å². The van der Waals surface area contributed by atoms with Gasteiger partial charge in [0.05, 0.1) is 26.4 Å². The van der Waals surface area contributed by atoms with E-state index in [1.165, 1.54) is 26.4 Å². The second kappa shape index (κ2) is 11.8. The van der Waals surface area contributed by atoms with E-state index in [0.29, 0.717) is 22.6 Å². The summed E-state index contributed by atoms with van der Waals surface area (Å²) in [5, 5.41) is 36.5. The Morgan fingerprint density at radius 1 is 0.742 bits per heavy atom. The number of Topliss-reactive ketones (excluding diaryl/α,β-unsaturated/α-hetero) is 1. The number of carbonyl (C=O) groups excluding carboxylic acids is 1. The molecule has 0 aliphatic rings. The van der Waals surface area contributed by atoms with Crippen LogP contribution in [0.4, 0.5) is 0 Å². The van der Waals surface area contributed by atoms with Gasteiger partial charge in [0.15, 0.2) is 0 Å². The molecular weight excluding hydrogens is 408 g/mol. The Bertz CT molecular complexity index is 793. The number of ether oxygens (including phenoxy) is 4. The number of rotatable bonds is 13. The van der Waals surface area contributed by atoms with E-state index in [1.807, 2.05) is 0 Å². The van der Waals surface area contributed by atoms with Gasteiger partial charge in [-0.05, 0) is 48.5 Å². The van der Waals surface area contributed by atoms with E-state index in [2.05, 4.69) is 0 Å². The van der Waals surface area contributed by atoms with E-state index < -0.39 is 23.8 Å². The number of aliphatic hydroxyl groups excluding tert-OH is 4. The molecular formula is C22H28O9. The first-order chi connectivity index (χ1) is 15.0. The summed E-state index contributed by atoms with van der Waals surface area (Å²) >= 11 is 0. The Morgan fingerprint density at radius 2 is 1.13 bits per heavy atom. The first kappa shape index (κ1) is 24.7. The summed E-state index contributed by atoms with van der Waals surface area (Å²) in [5.74, 6) is -1.39. The summed E-state index contributed by atoms with van der Waals surface area (Å²) in [6.45, 7) is -1.36. The molecule has 0 heterocycles. The molecule has 170 valence electrons. The zero-order valence-electron chi connectivity index (χ0n) is 17.4. The van der Waals surface area contributed by atoms with Crippen LogP contribution in [0.5, 0.6) is 11.5 Å². The molecule has 9 heteroatoms. The molecule has 0 aliphatic heterocycles. The molecule has 4 N–H and O–H groups in total. The third-order valence-corrected chi connectivity index (χ3v) is 4.64. The second-order valence-electron chi connectivity index (χ2n) is 6.61. The van der Waals surface area contributed by atoms with Crippen molar-refractivity contribution in [3.05, 3.63) is 59.7 Å². The van der Waals surface area contributed by atoms with Gasteiger partial charge in [-0.25, -0.2) is 0 Å². The molecule has 0 radical (unpaired) electrons. The van der Waals surface area contributed by atoms with Crippen molar-refractivity contribution in [3.63, 3.8) is 0 Å². The third kappa shape index (κ3) is 5.79. The average Bonchev–Trinajstić information content (AvgIpc) is 2.83. The Labute approximate surface area is 180 Å². The van der Waals surface area contributed by atoms with Crippen molar-refractivity contribution in [2.45, 2.75) is 18.0 Å². The van der Waals surface area contributed by atoms with Gasteiger partial charge < -0.3 is 39.4 Å². The minimum absolute atomic E-state index is 0.293. The van der Waals surface area contributed by atoms with E-state index in [0.717, 1.165) is 0 Å². The number of aliphatic hydroxyl groups is 4. The summed E-state index contributed by atoms with van der Waals surface area (Å²) in [6.07, 6.45) is -1.50. The fourth-order valence-electron chi connectivity index (χ4n) is 2.91. The molecule has 0 aromatic heterocycles. The lowest BCUT2D eigenvalue weighted by Crippen LogP contribution is -2.40. The van der Waals surface area contributed by atoms with Crippen molar-refractivity contribution in [2.24, 2.45) is 0 Å². The lowest BCUT2D eigenvalue weighted by Gasteiger charge is -2.30. The van der Waals surface area contributed by atoms with Crippen LogP contribution in [0, 0.1) is 0 Å². The van der Waals surface area contributed by atoms with Gasteiger partial charge >= 0.3 is 0 Å². The second-order valence-corrected chi connectivity index (χ2v) is 6.61. The molecule has 0 atom stereocenters. The van der Waals surface area contributed by atoms with Crippen LogP contribution in [0.1, 0.15) is 15.9 Å². The zero-order chi connectivity index (χ0) is 22.9. The first-order valence-corrected chi connectivity index (χ1v) is 9.60. The van der Waals surface area contributed by atoms with Crippen molar-refractivity contribution in [1.82, 2.24) is 0 Å². The molecule has 0 bridgehead atoms. The van der Waals surface area contributed by atoms with Crippen LogP contribution >= 0.6 is 0 Å². The molecule has 2 aromatic carbocycles. The molecule has 2 aromatic rings. The maximum atomic E-state index is 13.3. The van der Waals surface area contributed by atoms with Crippen molar-refractivity contribution in [1.29, 1.82) is 0 Å². The van der Waals surface area contributed by atoms with Gasteiger partial charge in [0, 0.05) is 25.3 Å². The molecule has 0 spiro atoms. The van der Waals surface area contributed by atoms with Crippen LogP contribution in [0.25, 0.3) is 0 Å². The molecule has 0 saturated heterocycles. The highest BCUT2D eigenvalue weighted by atomic mass is 16.7. The highest BCUT2D eigenvalue weighted by molar-refractivity contribution is 6.02. The number of ketones is 1. The molecule has 2 rings (SSSR count).